The molecule has 0 aromatic carbocycles. The number of hydrogen-bond donors (Lipinski definition) is 3. The maximum atomic E-state index is 12.0. The molecule has 6 heteroatoms. The lowest BCUT2D eigenvalue weighted by atomic mass is 9.87. The number of aromatic nitrogens is 2. The van der Waals surface area contributed by atoms with Crippen molar-refractivity contribution in [1.82, 2.24) is 15.5 Å². The quantitative estimate of drug-likeness (QED) is 0.803. The van der Waals surface area contributed by atoms with Gasteiger partial charge >= 0.3 is 0 Å². The van der Waals surface area contributed by atoms with Crippen LogP contribution in [0.15, 0.2) is 6.07 Å². The molecule has 1 amide bonds. The van der Waals surface area contributed by atoms with Gasteiger partial charge in [0.05, 0.1) is 6.04 Å². The zero-order chi connectivity index (χ0) is 13.1. The van der Waals surface area contributed by atoms with E-state index in [-0.39, 0.29) is 24.4 Å². The van der Waals surface area contributed by atoms with Crippen LogP contribution in [0.3, 0.4) is 0 Å². The van der Waals surface area contributed by atoms with Crippen molar-refractivity contribution in [2.24, 2.45) is 0 Å². The molecule has 1 aromatic heterocycles. The first-order valence-corrected chi connectivity index (χ1v) is 7.42. The van der Waals surface area contributed by atoms with Gasteiger partial charge in [-0.1, -0.05) is 19.3 Å². The van der Waals surface area contributed by atoms with E-state index in [1.807, 2.05) is 6.07 Å². The first-order chi connectivity index (χ1) is 9.33. The van der Waals surface area contributed by atoms with Crippen LogP contribution in [0.1, 0.15) is 56.6 Å². The lowest BCUT2D eigenvalue weighted by molar-refractivity contribution is -0.117. The second-order valence-corrected chi connectivity index (χ2v) is 5.68. The molecular formula is C14H23ClN4O. The van der Waals surface area contributed by atoms with Crippen molar-refractivity contribution in [3.05, 3.63) is 11.8 Å². The molecule has 1 aliphatic heterocycles. The molecule has 2 heterocycles. The molecule has 1 saturated heterocycles. The van der Waals surface area contributed by atoms with Gasteiger partial charge in [-0.2, -0.15) is 5.10 Å². The Bertz CT molecular complexity index is 436. The molecular weight excluding hydrogens is 276 g/mol. The molecule has 5 nitrogen and oxygen atoms in total. The van der Waals surface area contributed by atoms with E-state index in [0.717, 1.165) is 19.4 Å². The molecule has 1 atom stereocenters. The van der Waals surface area contributed by atoms with Crippen molar-refractivity contribution in [2.45, 2.75) is 56.9 Å². The topological polar surface area (TPSA) is 69.8 Å². The summed E-state index contributed by atoms with van der Waals surface area (Å²) in [7, 11) is 0. The van der Waals surface area contributed by atoms with Crippen LogP contribution >= 0.6 is 12.4 Å². The van der Waals surface area contributed by atoms with E-state index in [1.165, 1.54) is 37.8 Å². The predicted molar refractivity (Wildman–Crippen MR) is 81.3 cm³/mol. The number of rotatable bonds is 3. The number of halogens is 1. The van der Waals surface area contributed by atoms with Crippen molar-refractivity contribution in [3.8, 4) is 0 Å². The minimum Gasteiger partial charge on any atom is -0.308 e. The number of nitrogens with zero attached hydrogens (tertiary/aromatic N) is 1. The fraction of sp³-hybridized carbons (Fsp3) is 0.714. The number of H-pyrrole nitrogens is 1. The Morgan fingerprint density at radius 1 is 1.20 bits per heavy atom. The Hall–Kier alpha value is -1.07. The number of hydrogen-bond acceptors (Lipinski definition) is 3. The molecule has 1 aromatic rings. The van der Waals surface area contributed by atoms with Crippen molar-refractivity contribution >= 4 is 24.1 Å². The van der Waals surface area contributed by atoms with E-state index in [4.69, 9.17) is 0 Å². The van der Waals surface area contributed by atoms with Gasteiger partial charge < -0.3 is 10.6 Å². The van der Waals surface area contributed by atoms with Crippen molar-refractivity contribution in [2.75, 3.05) is 11.9 Å². The van der Waals surface area contributed by atoms with Gasteiger partial charge in [-0.05, 0) is 32.2 Å². The van der Waals surface area contributed by atoms with E-state index in [1.54, 1.807) is 0 Å². The van der Waals surface area contributed by atoms with Crippen LogP contribution in [-0.2, 0) is 4.79 Å². The van der Waals surface area contributed by atoms with Gasteiger partial charge in [0.15, 0.2) is 5.82 Å². The minimum absolute atomic E-state index is 0. The molecule has 20 heavy (non-hydrogen) atoms. The molecule has 2 fully saturated rings. The Morgan fingerprint density at radius 2 is 2.00 bits per heavy atom. The first-order valence-electron chi connectivity index (χ1n) is 7.42. The lowest BCUT2D eigenvalue weighted by Crippen LogP contribution is -2.35. The van der Waals surface area contributed by atoms with Crippen LogP contribution < -0.4 is 10.6 Å². The highest BCUT2D eigenvalue weighted by atomic mass is 35.5. The normalized spacial score (nSPS) is 23.3. The maximum absolute atomic E-state index is 12.0. The van der Waals surface area contributed by atoms with Crippen LogP contribution in [0, 0.1) is 0 Å². The fourth-order valence-corrected chi connectivity index (χ4v) is 3.15. The third-order valence-corrected chi connectivity index (χ3v) is 4.27. The van der Waals surface area contributed by atoms with Crippen molar-refractivity contribution < 1.29 is 4.79 Å². The van der Waals surface area contributed by atoms with Crippen LogP contribution in [0.25, 0.3) is 0 Å². The SMILES string of the molecule is Cl.O=C(Nc1cc(C2CCCCC2)[nH]n1)C1CCCN1. The average molecular weight is 299 g/mol. The first kappa shape index (κ1) is 15.3. The Balaban J connectivity index is 0.00000147. The van der Waals surface area contributed by atoms with Gasteiger partial charge in [-0.15, -0.1) is 12.4 Å². The highest BCUT2D eigenvalue weighted by Crippen LogP contribution is 2.32. The van der Waals surface area contributed by atoms with E-state index in [0.29, 0.717) is 11.7 Å². The molecule has 3 N–H and O–H groups in total. The van der Waals surface area contributed by atoms with E-state index in [2.05, 4.69) is 20.8 Å². The number of anilines is 1. The highest BCUT2D eigenvalue weighted by molar-refractivity contribution is 5.94. The van der Waals surface area contributed by atoms with Crippen molar-refractivity contribution in [1.29, 1.82) is 0 Å². The van der Waals surface area contributed by atoms with Crippen LogP contribution in [0.4, 0.5) is 5.82 Å². The summed E-state index contributed by atoms with van der Waals surface area (Å²) >= 11 is 0. The number of nitrogens with one attached hydrogen (secondary N) is 3. The Labute approximate surface area is 125 Å². The molecule has 1 unspecified atom stereocenters. The summed E-state index contributed by atoms with van der Waals surface area (Å²) in [4.78, 5) is 12.0. The Kier molecular flexibility index (Phi) is 5.43. The van der Waals surface area contributed by atoms with E-state index < -0.39 is 0 Å². The van der Waals surface area contributed by atoms with E-state index in [9.17, 15) is 4.79 Å². The summed E-state index contributed by atoms with van der Waals surface area (Å²) in [6.45, 7) is 0.936. The molecule has 112 valence electrons. The summed E-state index contributed by atoms with van der Waals surface area (Å²) in [6.07, 6.45) is 8.42. The Morgan fingerprint density at radius 3 is 2.70 bits per heavy atom. The highest BCUT2D eigenvalue weighted by Gasteiger charge is 2.23. The minimum atomic E-state index is -0.0465. The van der Waals surface area contributed by atoms with Gasteiger partial charge in [0.2, 0.25) is 5.91 Å². The number of amides is 1. The number of aromatic amines is 1. The number of carbonyl (C=O) groups is 1. The monoisotopic (exact) mass is 298 g/mol. The van der Waals surface area contributed by atoms with Crippen LogP contribution in [-0.4, -0.2) is 28.7 Å². The molecule has 1 saturated carbocycles. The maximum Gasteiger partial charge on any atom is 0.242 e. The largest absolute Gasteiger partial charge is 0.308 e. The third-order valence-electron chi connectivity index (χ3n) is 4.27. The van der Waals surface area contributed by atoms with Crippen LogP contribution in [0.5, 0.6) is 0 Å². The molecule has 0 bridgehead atoms. The van der Waals surface area contributed by atoms with Crippen LogP contribution in [0.2, 0.25) is 0 Å². The molecule has 2 aliphatic rings. The fourth-order valence-electron chi connectivity index (χ4n) is 3.15. The van der Waals surface area contributed by atoms with Gasteiger partial charge in [0.1, 0.15) is 0 Å². The molecule has 0 radical (unpaired) electrons. The lowest BCUT2D eigenvalue weighted by Gasteiger charge is -2.19. The van der Waals surface area contributed by atoms with Crippen molar-refractivity contribution in [3.63, 3.8) is 0 Å². The molecule has 3 rings (SSSR count). The third kappa shape index (κ3) is 3.52. The average Bonchev–Trinajstić information content (AvgIpc) is 3.11. The van der Waals surface area contributed by atoms with Gasteiger partial charge in [-0.3, -0.25) is 9.89 Å². The molecule has 0 spiro atoms. The zero-order valence-electron chi connectivity index (χ0n) is 11.7. The number of carbonyl (C=O) groups excluding carboxylic acids is 1. The smallest absolute Gasteiger partial charge is 0.242 e. The summed E-state index contributed by atoms with van der Waals surface area (Å²) in [5.74, 6) is 1.30. The van der Waals surface area contributed by atoms with Gasteiger partial charge in [0, 0.05) is 17.7 Å². The standard InChI is InChI=1S/C14H22N4O.ClH/c19-14(11-7-4-8-15-11)16-13-9-12(17-18-13)10-5-2-1-3-6-10;/h9-11,15H,1-8H2,(H2,16,17,18,19);1H. The van der Waals surface area contributed by atoms with Gasteiger partial charge in [0.25, 0.3) is 0 Å². The molecule has 1 aliphatic carbocycles. The second kappa shape index (κ2) is 7.09. The second-order valence-electron chi connectivity index (χ2n) is 5.68. The predicted octanol–water partition coefficient (Wildman–Crippen LogP) is 2.57. The summed E-state index contributed by atoms with van der Waals surface area (Å²) < 4.78 is 0. The van der Waals surface area contributed by atoms with Gasteiger partial charge in [-0.25, -0.2) is 0 Å². The summed E-state index contributed by atoms with van der Waals surface area (Å²) in [6, 6.07) is 1.96. The zero-order valence-corrected chi connectivity index (χ0v) is 12.5. The van der Waals surface area contributed by atoms with E-state index >= 15 is 0 Å². The summed E-state index contributed by atoms with van der Waals surface area (Å²) in [5.41, 5.74) is 1.18. The summed E-state index contributed by atoms with van der Waals surface area (Å²) in [5, 5.41) is 13.4.